The molecule has 0 aliphatic rings. The molecule has 0 aromatic heterocycles. The molecule has 1 atom stereocenters. The fourth-order valence-corrected chi connectivity index (χ4v) is 1.98. The summed E-state index contributed by atoms with van der Waals surface area (Å²) in [6.07, 6.45) is 1.47. The zero-order chi connectivity index (χ0) is 15.4. The van der Waals surface area contributed by atoms with Crippen LogP contribution in [-0.4, -0.2) is 43.1 Å². The van der Waals surface area contributed by atoms with Crippen LogP contribution in [-0.2, 0) is 21.1 Å². The van der Waals surface area contributed by atoms with Gasteiger partial charge in [0, 0.05) is 6.26 Å². The summed E-state index contributed by atoms with van der Waals surface area (Å²) < 4.78 is 21.7. The fraction of sp³-hybridized carbons (Fsp3) is 0.500. The van der Waals surface area contributed by atoms with Gasteiger partial charge in [-0.1, -0.05) is 30.3 Å². The molecule has 1 amide bonds. The number of rotatable bonds is 6. The van der Waals surface area contributed by atoms with Crippen molar-refractivity contribution in [3.63, 3.8) is 0 Å². The molecule has 1 rings (SSSR count). The molecule has 0 saturated heterocycles. The molecule has 6 heteroatoms. The Kier molecular flexibility index (Phi) is 5.30. The molecule has 5 nitrogen and oxygen atoms in total. The summed E-state index contributed by atoms with van der Waals surface area (Å²) in [4.78, 5) is 12.1. The highest BCUT2D eigenvalue weighted by atomic mass is 32.2. The maximum Gasteiger partial charge on any atom is 0.241 e. The molecule has 0 spiro atoms. The monoisotopic (exact) mass is 299 g/mol. The van der Waals surface area contributed by atoms with Crippen molar-refractivity contribution in [2.45, 2.75) is 31.1 Å². The third-order valence-corrected chi connectivity index (χ3v) is 5.39. The summed E-state index contributed by atoms with van der Waals surface area (Å²) in [6.45, 7) is 2.46. The highest BCUT2D eigenvalue weighted by Crippen LogP contribution is 2.15. The topological polar surface area (TPSA) is 83.5 Å². The molecule has 0 aliphatic heterocycles. The Hall–Kier alpha value is -1.40. The van der Waals surface area contributed by atoms with Gasteiger partial charge in [-0.3, -0.25) is 4.79 Å². The van der Waals surface area contributed by atoms with E-state index in [1.54, 1.807) is 0 Å². The van der Waals surface area contributed by atoms with Gasteiger partial charge < -0.3 is 10.4 Å². The minimum Gasteiger partial charge on any atom is -0.394 e. The third kappa shape index (κ3) is 4.05. The summed E-state index contributed by atoms with van der Waals surface area (Å²) in [6, 6.07) is 8.87. The number of hydrogen-bond acceptors (Lipinski definition) is 4. The van der Waals surface area contributed by atoms with Crippen LogP contribution in [0.15, 0.2) is 30.3 Å². The summed E-state index contributed by atoms with van der Waals surface area (Å²) in [5.74, 6) is -0.602. The molecule has 0 heterocycles. The Morgan fingerprint density at radius 1 is 1.30 bits per heavy atom. The van der Waals surface area contributed by atoms with E-state index >= 15 is 0 Å². The zero-order valence-corrected chi connectivity index (χ0v) is 12.8. The van der Waals surface area contributed by atoms with Crippen LogP contribution in [0.1, 0.15) is 19.4 Å². The first-order valence-corrected chi connectivity index (χ1v) is 8.23. The van der Waals surface area contributed by atoms with E-state index in [-0.39, 0.29) is 6.61 Å². The van der Waals surface area contributed by atoms with Gasteiger partial charge in [-0.2, -0.15) is 0 Å². The van der Waals surface area contributed by atoms with E-state index in [1.807, 2.05) is 30.3 Å². The lowest BCUT2D eigenvalue weighted by molar-refractivity contribution is -0.123. The van der Waals surface area contributed by atoms with Crippen LogP contribution in [0.2, 0.25) is 0 Å². The van der Waals surface area contributed by atoms with Crippen molar-refractivity contribution in [3.05, 3.63) is 35.9 Å². The average molecular weight is 299 g/mol. The van der Waals surface area contributed by atoms with Crippen LogP contribution in [0.25, 0.3) is 0 Å². The van der Waals surface area contributed by atoms with Crippen molar-refractivity contribution in [2.24, 2.45) is 0 Å². The third-order valence-electron chi connectivity index (χ3n) is 3.35. The number of carbonyl (C=O) groups is 1. The molecular formula is C14H21NO4S. The maximum absolute atomic E-state index is 12.1. The second-order valence-corrected chi connectivity index (χ2v) is 7.89. The van der Waals surface area contributed by atoms with Gasteiger partial charge in [-0.05, 0) is 25.8 Å². The van der Waals surface area contributed by atoms with Gasteiger partial charge in [-0.25, -0.2) is 8.42 Å². The minimum absolute atomic E-state index is 0.250. The van der Waals surface area contributed by atoms with Crippen LogP contribution in [0.5, 0.6) is 0 Å². The lowest BCUT2D eigenvalue weighted by Gasteiger charge is -2.25. The van der Waals surface area contributed by atoms with Gasteiger partial charge in [-0.15, -0.1) is 0 Å². The normalized spacial score (nSPS) is 13.8. The second kappa shape index (κ2) is 6.37. The van der Waals surface area contributed by atoms with Crippen molar-refractivity contribution in [3.8, 4) is 0 Å². The number of carbonyl (C=O) groups excluding carboxylic acids is 1. The summed E-state index contributed by atoms with van der Waals surface area (Å²) in [5, 5.41) is 11.9. The van der Waals surface area contributed by atoms with E-state index in [0.29, 0.717) is 6.42 Å². The van der Waals surface area contributed by atoms with E-state index in [0.717, 1.165) is 11.8 Å². The van der Waals surface area contributed by atoms with Gasteiger partial charge in [0.2, 0.25) is 5.91 Å². The van der Waals surface area contributed by atoms with Gasteiger partial charge in [0.1, 0.15) is 4.75 Å². The van der Waals surface area contributed by atoms with E-state index in [9.17, 15) is 18.3 Å². The molecule has 1 aromatic rings. The Morgan fingerprint density at radius 3 is 2.30 bits per heavy atom. The first-order valence-electron chi connectivity index (χ1n) is 6.34. The molecule has 0 fully saturated rings. The van der Waals surface area contributed by atoms with E-state index < -0.39 is 26.5 Å². The molecule has 112 valence electrons. The van der Waals surface area contributed by atoms with Crippen LogP contribution in [0, 0.1) is 0 Å². The van der Waals surface area contributed by atoms with Gasteiger partial charge in [0.25, 0.3) is 0 Å². The summed E-state index contributed by atoms with van der Waals surface area (Å²) >= 11 is 0. The van der Waals surface area contributed by atoms with Crippen LogP contribution in [0.4, 0.5) is 0 Å². The Morgan fingerprint density at radius 2 is 1.85 bits per heavy atom. The largest absolute Gasteiger partial charge is 0.394 e. The first kappa shape index (κ1) is 16.7. The summed E-state index contributed by atoms with van der Waals surface area (Å²) in [5.41, 5.74) is 0.962. The van der Waals surface area contributed by atoms with Crippen LogP contribution in [0.3, 0.4) is 0 Å². The molecule has 20 heavy (non-hydrogen) atoms. The Balaban J connectivity index is 2.77. The predicted molar refractivity (Wildman–Crippen MR) is 78.1 cm³/mol. The number of amides is 1. The Labute approximate surface area is 119 Å². The lowest BCUT2D eigenvalue weighted by atomic mass is 10.1. The smallest absolute Gasteiger partial charge is 0.241 e. The van der Waals surface area contributed by atoms with Crippen molar-refractivity contribution in [1.82, 2.24) is 5.32 Å². The van der Waals surface area contributed by atoms with Crippen LogP contribution < -0.4 is 5.32 Å². The average Bonchev–Trinajstić information content (AvgIpc) is 2.37. The van der Waals surface area contributed by atoms with Crippen molar-refractivity contribution >= 4 is 15.7 Å². The molecule has 2 N–H and O–H groups in total. The highest BCUT2D eigenvalue weighted by Gasteiger charge is 2.39. The van der Waals surface area contributed by atoms with Crippen molar-refractivity contribution in [2.75, 3.05) is 12.9 Å². The van der Waals surface area contributed by atoms with E-state index in [1.165, 1.54) is 13.8 Å². The molecular weight excluding hydrogens is 278 g/mol. The predicted octanol–water partition coefficient (Wildman–Crippen LogP) is 0.529. The molecule has 0 aliphatic carbocycles. The van der Waals surface area contributed by atoms with Crippen molar-refractivity contribution in [1.29, 1.82) is 0 Å². The van der Waals surface area contributed by atoms with E-state index in [4.69, 9.17) is 0 Å². The molecule has 0 saturated carbocycles. The molecule has 0 radical (unpaired) electrons. The Bertz CT molecular complexity index is 552. The molecule has 0 bridgehead atoms. The number of sulfone groups is 1. The van der Waals surface area contributed by atoms with E-state index in [2.05, 4.69) is 5.32 Å². The zero-order valence-electron chi connectivity index (χ0n) is 12.0. The number of nitrogens with one attached hydrogen (secondary N) is 1. The number of hydrogen-bond donors (Lipinski definition) is 2. The lowest BCUT2D eigenvalue weighted by Crippen LogP contribution is -2.52. The van der Waals surface area contributed by atoms with Gasteiger partial charge in [0.15, 0.2) is 9.84 Å². The van der Waals surface area contributed by atoms with Gasteiger partial charge >= 0.3 is 0 Å². The highest BCUT2D eigenvalue weighted by molar-refractivity contribution is 7.92. The van der Waals surface area contributed by atoms with Crippen molar-refractivity contribution < 1.29 is 18.3 Å². The number of benzene rings is 1. The van der Waals surface area contributed by atoms with Gasteiger partial charge in [0.05, 0.1) is 12.6 Å². The fourth-order valence-electron chi connectivity index (χ4n) is 1.59. The maximum atomic E-state index is 12.1. The molecule has 1 aromatic carbocycles. The standard InChI is InChI=1S/C14H21NO4S/c1-14(2,20(3,18)19)13(17)15-12(10-16)9-11-7-5-4-6-8-11/h4-8,12,16H,9-10H2,1-3H3,(H,15,17)/t12-/m1/s1. The van der Waals surface area contributed by atoms with Crippen LogP contribution >= 0.6 is 0 Å². The second-order valence-electron chi connectivity index (χ2n) is 5.33. The number of aliphatic hydroxyl groups is 1. The number of aliphatic hydroxyl groups excluding tert-OH is 1. The quantitative estimate of drug-likeness (QED) is 0.802. The minimum atomic E-state index is -3.52. The SMILES string of the molecule is CC(C)(C(=O)N[C@@H](CO)Cc1ccccc1)S(C)(=O)=O. The first-order chi connectivity index (χ1) is 9.18. The molecule has 0 unspecified atom stereocenters. The summed E-state index contributed by atoms with van der Waals surface area (Å²) in [7, 11) is -3.52.